The van der Waals surface area contributed by atoms with Gasteiger partial charge in [0.2, 0.25) is 15.8 Å². The summed E-state index contributed by atoms with van der Waals surface area (Å²) in [6.07, 6.45) is 0.256. The highest BCUT2D eigenvalue weighted by Crippen LogP contribution is 2.38. The van der Waals surface area contributed by atoms with Crippen molar-refractivity contribution < 1.29 is 31.8 Å². The number of nitrogens with one attached hydrogen (secondary N) is 1. The Morgan fingerprint density at radius 2 is 1.62 bits per heavy atom. The summed E-state index contributed by atoms with van der Waals surface area (Å²) >= 11 is 0. The van der Waals surface area contributed by atoms with Crippen molar-refractivity contribution in [2.75, 3.05) is 64.7 Å². The number of rotatable bonds is 10. The monoisotopic (exact) mass is 495 g/mol. The molecule has 2 aromatic carbocycles. The second kappa shape index (κ2) is 11.4. The zero-order chi connectivity index (χ0) is 24.7. The fourth-order valence-corrected chi connectivity index (χ4v) is 5.30. The smallest absolute Gasteiger partial charge is 0.251 e. The number of para-hydroxylation sites is 1. The average molecular weight is 496 g/mol. The van der Waals surface area contributed by atoms with Crippen LogP contribution in [0.1, 0.15) is 16.8 Å². The molecule has 2 aromatic rings. The van der Waals surface area contributed by atoms with Crippen molar-refractivity contribution in [2.45, 2.75) is 6.42 Å². The Morgan fingerprint density at radius 1 is 1.00 bits per heavy atom. The molecule has 186 valence electrons. The van der Waals surface area contributed by atoms with Gasteiger partial charge in [0, 0.05) is 38.3 Å². The van der Waals surface area contributed by atoms with Crippen LogP contribution >= 0.6 is 0 Å². The first kappa shape index (κ1) is 25.6. The van der Waals surface area contributed by atoms with Crippen molar-refractivity contribution >= 4 is 21.6 Å². The maximum Gasteiger partial charge on any atom is 0.251 e. The van der Waals surface area contributed by atoms with Gasteiger partial charge in [-0.3, -0.25) is 4.79 Å². The van der Waals surface area contributed by atoms with E-state index in [1.165, 1.54) is 43.8 Å². The van der Waals surface area contributed by atoms with E-state index in [1.807, 2.05) is 4.90 Å². The van der Waals surface area contributed by atoms with Crippen LogP contribution in [0.4, 0.5) is 10.1 Å². The highest BCUT2D eigenvalue weighted by atomic mass is 32.2. The lowest BCUT2D eigenvalue weighted by molar-refractivity contribution is 0.0952. The van der Waals surface area contributed by atoms with Gasteiger partial charge in [0.05, 0.1) is 32.8 Å². The van der Waals surface area contributed by atoms with Gasteiger partial charge in [-0.05, 0) is 30.7 Å². The second-order valence-corrected chi connectivity index (χ2v) is 9.77. The van der Waals surface area contributed by atoms with E-state index in [0.717, 1.165) is 0 Å². The molecule has 0 spiro atoms. The fourth-order valence-electron chi connectivity index (χ4n) is 3.82. The summed E-state index contributed by atoms with van der Waals surface area (Å²) in [5, 5.41) is 2.73. The summed E-state index contributed by atoms with van der Waals surface area (Å²) in [7, 11) is 0.902. The number of carbonyl (C=O) groups is 1. The van der Waals surface area contributed by atoms with Crippen molar-refractivity contribution in [3.63, 3.8) is 0 Å². The quantitative estimate of drug-likeness (QED) is 0.505. The number of benzene rings is 2. The van der Waals surface area contributed by atoms with Crippen LogP contribution in [0.25, 0.3) is 0 Å². The predicted molar refractivity (Wildman–Crippen MR) is 127 cm³/mol. The zero-order valence-electron chi connectivity index (χ0n) is 19.5. The summed E-state index contributed by atoms with van der Waals surface area (Å²) < 4.78 is 56.6. The SMILES string of the molecule is COc1cc(C(=O)NCCCS(=O)(=O)N2CCN(c3ccccc3F)CC2)cc(OC)c1OC. The molecule has 3 rings (SSSR count). The molecular weight excluding hydrogens is 465 g/mol. The molecule has 0 saturated carbocycles. The van der Waals surface area contributed by atoms with E-state index in [4.69, 9.17) is 14.2 Å². The van der Waals surface area contributed by atoms with E-state index in [-0.39, 0.29) is 43.5 Å². The number of nitrogens with zero attached hydrogens (tertiary/aromatic N) is 2. The number of anilines is 1. The van der Waals surface area contributed by atoms with Gasteiger partial charge in [0.25, 0.3) is 5.91 Å². The molecule has 0 radical (unpaired) electrons. The minimum absolute atomic E-state index is 0.0950. The molecule has 0 aliphatic carbocycles. The standard InChI is InChI=1S/C23H30FN3O6S/c1-31-20-15-17(16-21(32-2)22(20)33-3)23(28)25-9-6-14-34(29,30)27-12-10-26(11-13-27)19-8-5-4-7-18(19)24/h4-5,7-8,15-16H,6,9-14H2,1-3H3,(H,25,28). The molecule has 0 unspecified atom stereocenters. The Morgan fingerprint density at radius 3 is 2.18 bits per heavy atom. The fraction of sp³-hybridized carbons (Fsp3) is 0.435. The summed E-state index contributed by atoms with van der Waals surface area (Å²) in [5.41, 5.74) is 0.788. The first-order valence-corrected chi connectivity index (χ1v) is 12.5. The molecule has 11 heteroatoms. The third-order valence-corrected chi connectivity index (χ3v) is 7.57. The molecule has 1 aliphatic rings. The zero-order valence-corrected chi connectivity index (χ0v) is 20.4. The predicted octanol–water partition coefficient (Wildman–Crippen LogP) is 2.12. The van der Waals surface area contributed by atoms with E-state index in [0.29, 0.717) is 41.6 Å². The molecule has 1 aliphatic heterocycles. The molecule has 1 heterocycles. The van der Waals surface area contributed by atoms with Crippen molar-refractivity contribution in [1.29, 1.82) is 0 Å². The first-order chi connectivity index (χ1) is 16.3. The number of carbonyl (C=O) groups excluding carboxylic acids is 1. The van der Waals surface area contributed by atoms with Gasteiger partial charge in [-0.15, -0.1) is 0 Å². The van der Waals surface area contributed by atoms with Crippen LogP contribution < -0.4 is 24.4 Å². The highest BCUT2D eigenvalue weighted by molar-refractivity contribution is 7.89. The van der Waals surface area contributed by atoms with Crippen molar-refractivity contribution in [3.8, 4) is 17.2 Å². The van der Waals surface area contributed by atoms with Gasteiger partial charge < -0.3 is 24.4 Å². The minimum Gasteiger partial charge on any atom is -0.493 e. The molecule has 1 amide bonds. The number of amides is 1. The molecule has 9 nitrogen and oxygen atoms in total. The Bertz CT molecular complexity index is 1080. The Kier molecular flexibility index (Phi) is 8.56. The minimum atomic E-state index is -3.49. The lowest BCUT2D eigenvalue weighted by Gasteiger charge is -2.35. The van der Waals surface area contributed by atoms with Gasteiger partial charge in [0.15, 0.2) is 11.5 Å². The molecule has 0 atom stereocenters. The van der Waals surface area contributed by atoms with E-state index in [2.05, 4.69) is 5.32 Å². The van der Waals surface area contributed by atoms with Crippen molar-refractivity contribution in [1.82, 2.24) is 9.62 Å². The number of methoxy groups -OCH3 is 3. The first-order valence-electron chi connectivity index (χ1n) is 10.9. The van der Waals surface area contributed by atoms with Gasteiger partial charge in [-0.25, -0.2) is 12.8 Å². The van der Waals surface area contributed by atoms with Crippen LogP contribution in [-0.2, 0) is 10.0 Å². The number of sulfonamides is 1. The third-order valence-electron chi connectivity index (χ3n) is 5.62. The van der Waals surface area contributed by atoms with Crippen LogP contribution in [-0.4, -0.2) is 78.4 Å². The van der Waals surface area contributed by atoms with Crippen molar-refractivity contribution in [3.05, 3.63) is 47.8 Å². The van der Waals surface area contributed by atoms with Crippen LogP contribution in [0, 0.1) is 5.82 Å². The second-order valence-electron chi connectivity index (χ2n) is 7.68. The maximum atomic E-state index is 14.0. The molecule has 1 N–H and O–H groups in total. The number of piperazine rings is 1. The van der Waals surface area contributed by atoms with Crippen LogP contribution in [0.15, 0.2) is 36.4 Å². The van der Waals surface area contributed by atoms with E-state index in [1.54, 1.807) is 18.2 Å². The molecular formula is C23H30FN3O6S. The number of hydrogen-bond acceptors (Lipinski definition) is 7. The van der Waals surface area contributed by atoms with Crippen LogP contribution in [0.5, 0.6) is 17.2 Å². The molecule has 0 aromatic heterocycles. The van der Waals surface area contributed by atoms with Gasteiger partial charge in [-0.1, -0.05) is 12.1 Å². The summed E-state index contributed by atoms with van der Waals surface area (Å²) in [5.74, 6) is 0.287. The number of ether oxygens (including phenoxy) is 3. The Hall–Kier alpha value is -3.05. The highest BCUT2D eigenvalue weighted by Gasteiger charge is 2.27. The van der Waals surface area contributed by atoms with Crippen molar-refractivity contribution in [2.24, 2.45) is 0 Å². The van der Waals surface area contributed by atoms with E-state index in [9.17, 15) is 17.6 Å². The Balaban J connectivity index is 1.50. The normalized spacial score (nSPS) is 14.5. The molecule has 0 bridgehead atoms. The largest absolute Gasteiger partial charge is 0.493 e. The lowest BCUT2D eigenvalue weighted by atomic mass is 10.1. The third kappa shape index (κ3) is 5.89. The average Bonchev–Trinajstić information content (AvgIpc) is 2.85. The summed E-state index contributed by atoms with van der Waals surface area (Å²) in [4.78, 5) is 14.4. The van der Waals surface area contributed by atoms with E-state index >= 15 is 0 Å². The lowest BCUT2D eigenvalue weighted by Crippen LogP contribution is -2.49. The maximum absolute atomic E-state index is 14.0. The number of halogens is 1. The number of hydrogen-bond donors (Lipinski definition) is 1. The van der Waals surface area contributed by atoms with Crippen LogP contribution in [0.2, 0.25) is 0 Å². The van der Waals surface area contributed by atoms with Gasteiger partial charge >= 0.3 is 0 Å². The summed E-state index contributed by atoms with van der Waals surface area (Å²) in [6.45, 7) is 1.59. The van der Waals surface area contributed by atoms with Gasteiger partial charge in [-0.2, -0.15) is 4.31 Å². The van der Waals surface area contributed by atoms with E-state index < -0.39 is 10.0 Å². The molecule has 34 heavy (non-hydrogen) atoms. The van der Waals surface area contributed by atoms with Gasteiger partial charge in [0.1, 0.15) is 5.82 Å². The topological polar surface area (TPSA) is 97.4 Å². The van der Waals surface area contributed by atoms with Crippen LogP contribution in [0.3, 0.4) is 0 Å². The molecule has 1 saturated heterocycles. The Labute approximate surface area is 199 Å². The molecule has 1 fully saturated rings. The summed E-state index contributed by atoms with van der Waals surface area (Å²) in [6, 6.07) is 9.53.